The summed E-state index contributed by atoms with van der Waals surface area (Å²) in [6.07, 6.45) is 3.21. The fourth-order valence-electron chi connectivity index (χ4n) is 3.46. The number of nitrogens with zero attached hydrogens (tertiary/aromatic N) is 3. The Hall–Kier alpha value is -1.35. The molecule has 0 aliphatic carbocycles. The Labute approximate surface area is 189 Å². The SMILES string of the molecule is CCNC(=NCCCc1nc(C)cs1)N1CCC(c2ccc(OC)cc2)C1.I. The van der Waals surface area contributed by atoms with E-state index in [4.69, 9.17) is 9.73 Å². The molecule has 0 spiro atoms. The van der Waals surface area contributed by atoms with Crippen molar-refractivity contribution in [2.75, 3.05) is 33.3 Å². The number of rotatable bonds is 7. The maximum Gasteiger partial charge on any atom is 0.193 e. The van der Waals surface area contributed by atoms with Gasteiger partial charge in [-0.05, 0) is 44.4 Å². The Balaban J connectivity index is 0.00000280. The van der Waals surface area contributed by atoms with Crippen LogP contribution in [0.15, 0.2) is 34.6 Å². The van der Waals surface area contributed by atoms with Gasteiger partial charge in [-0.3, -0.25) is 4.99 Å². The highest BCUT2D eigenvalue weighted by atomic mass is 127. The molecule has 1 atom stereocenters. The molecule has 1 aliphatic heterocycles. The summed E-state index contributed by atoms with van der Waals surface area (Å²) in [6, 6.07) is 8.48. The van der Waals surface area contributed by atoms with Crippen molar-refractivity contribution in [2.24, 2.45) is 4.99 Å². The summed E-state index contributed by atoms with van der Waals surface area (Å²) >= 11 is 1.75. The normalized spacial score (nSPS) is 16.8. The third kappa shape index (κ3) is 6.34. The van der Waals surface area contributed by atoms with E-state index < -0.39 is 0 Å². The van der Waals surface area contributed by atoms with Crippen LogP contribution in [0, 0.1) is 6.92 Å². The number of likely N-dealkylation sites (tertiary alicyclic amines) is 1. The number of hydrogen-bond acceptors (Lipinski definition) is 4. The van der Waals surface area contributed by atoms with Crippen LogP contribution >= 0.6 is 35.3 Å². The van der Waals surface area contributed by atoms with Gasteiger partial charge in [0, 0.05) is 49.6 Å². The fourth-order valence-corrected chi connectivity index (χ4v) is 4.28. The van der Waals surface area contributed by atoms with Gasteiger partial charge in [0.15, 0.2) is 5.96 Å². The topological polar surface area (TPSA) is 49.8 Å². The molecule has 1 aliphatic rings. The van der Waals surface area contributed by atoms with Crippen LogP contribution in [-0.4, -0.2) is 49.1 Å². The quantitative estimate of drug-likeness (QED) is 0.257. The lowest BCUT2D eigenvalue weighted by Gasteiger charge is -2.21. The van der Waals surface area contributed by atoms with E-state index in [9.17, 15) is 0 Å². The summed E-state index contributed by atoms with van der Waals surface area (Å²) in [5.41, 5.74) is 2.50. The smallest absolute Gasteiger partial charge is 0.193 e. The second-order valence-electron chi connectivity index (χ2n) is 6.93. The standard InChI is InChI=1S/C21H30N4OS.HI/c1-4-22-21(23-12-5-6-20-24-16(2)15-27-20)25-13-11-18(14-25)17-7-9-19(26-3)10-8-17;/h7-10,15,18H,4-6,11-14H2,1-3H3,(H,22,23);1H. The van der Waals surface area contributed by atoms with E-state index in [1.54, 1.807) is 18.4 Å². The van der Waals surface area contributed by atoms with Crippen LogP contribution in [0.2, 0.25) is 0 Å². The summed E-state index contributed by atoms with van der Waals surface area (Å²) in [5.74, 6) is 2.51. The maximum absolute atomic E-state index is 5.27. The van der Waals surface area contributed by atoms with E-state index in [2.05, 4.69) is 51.8 Å². The maximum atomic E-state index is 5.27. The monoisotopic (exact) mass is 514 g/mol. The molecule has 7 heteroatoms. The second kappa shape index (κ2) is 11.6. The molecule has 0 bridgehead atoms. The number of guanidine groups is 1. The summed E-state index contributed by atoms with van der Waals surface area (Å²) < 4.78 is 5.27. The van der Waals surface area contributed by atoms with Crippen molar-refractivity contribution in [3.63, 3.8) is 0 Å². The minimum absolute atomic E-state index is 0. The van der Waals surface area contributed by atoms with E-state index in [-0.39, 0.29) is 24.0 Å². The van der Waals surface area contributed by atoms with Gasteiger partial charge in [0.25, 0.3) is 0 Å². The zero-order valence-electron chi connectivity index (χ0n) is 17.0. The van der Waals surface area contributed by atoms with Crippen LogP contribution in [0.25, 0.3) is 0 Å². The van der Waals surface area contributed by atoms with Crippen LogP contribution in [-0.2, 0) is 6.42 Å². The molecular weight excluding hydrogens is 483 g/mol. The van der Waals surface area contributed by atoms with E-state index in [0.29, 0.717) is 5.92 Å². The van der Waals surface area contributed by atoms with Crippen molar-refractivity contribution in [2.45, 2.75) is 39.0 Å². The summed E-state index contributed by atoms with van der Waals surface area (Å²) in [6.45, 7) is 7.98. The number of ether oxygens (including phenoxy) is 1. The molecule has 2 heterocycles. The third-order valence-corrected chi connectivity index (χ3v) is 5.91. The minimum atomic E-state index is 0. The number of benzene rings is 1. The van der Waals surface area contributed by atoms with Gasteiger partial charge in [0.2, 0.25) is 0 Å². The number of thiazole rings is 1. The number of aryl methyl sites for hydroxylation is 2. The van der Waals surface area contributed by atoms with Crippen LogP contribution in [0.3, 0.4) is 0 Å². The molecule has 2 aromatic rings. The van der Waals surface area contributed by atoms with Crippen LogP contribution in [0.4, 0.5) is 0 Å². The van der Waals surface area contributed by atoms with Crippen molar-refractivity contribution >= 4 is 41.3 Å². The molecule has 1 fully saturated rings. The number of methoxy groups -OCH3 is 1. The number of nitrogens with one attached hydrogen (secondary N) is 1. The highest BCUT2D eigenvalue weighted by Crippen LogP contribution is 2.28. The Morgan fingerprint density at radius 1 is 1.36 bits per heavy atom. The molecule has 1 saturated heterocycles. The van der Waals surface area contributed by atoms with Gasteiger partial charge in [-0.1, -0.05) is 12.1 Å². The predicted octanol–water partition coefficient (Wildman–Crippen LogP) is 4.47. The van der Waals surface area contributed by atoms with Crippen molar-refractivity contribution in [1.29, 1.82) is 0 Å². The summed E-state index contributed by atoms with van der Waals surface area (Å²) in [5, 5.41) is 6.79. The van der Waals surface area contributed by atoms with Crippen LogP contribution < -0.4 is 10.1 Å². The highest BCUT2D eigenvalue weighted by Gasteiger charge is 2.26. The minimum Gasteiger partial charge on any atom is -0.497 e. The van der Waals surface area contributed by atoms with Gasteiger partial charge in [0.05, 0.1) is 12.1 Å². The Morgan fingerprint density at radius 2 is 2.14 bits per heavy atom. The molecule has 0 saturated carbocycles. The molecule has 0 radical (unpaired) electrons. The molecule has 3 rings (SSSR count). The first-order valence-corrected chi connectivity index (χ1v) is 10.7. The van der Waals surface area contributed by atoms with Gasteiger partial charge in [0.1, 0.15) is 5.75 Å². The number of halogens is 1. The van der Waals surface area contributed by atoms with E-state index in [1.807, 2.05) is 6.92 Å². The average Bonchev–Trinajstić information content (AvgIpc) is 3.34. The van der Waals surface area contributed by atoms with Gasteiger partial charge >= 0.3 is 0 Å². The largest absolute Gasteiger partial charge is 0.497 e. The average molecular weight is 514 g/mol. The first-order chi connectivity index (χ1) is 13.2. The van der Waals surface area contributed by atoms with Crippen molar-refractivity contribution in [3.05, 3.63) is 45.9 Å². The first kappa shape index (κ1) is 22.9. The predicted molar refractivity (Wildman–Crippen MR) is 128 cm³/mol. The number of aliphatic imine (C=N–C) groups is 1. The molecule has 1 N–H and O–H groups in total. The Kier molecular flexibility index (Phi) is 9.50. The zero-order chi connectivity index (χ0) is 19.1. The van der Waals surface area contributed by atoms with Gasteiger partial charge in [-0.15, -0.1) is 35.3 Å². The summed E-state index contributed by atoms with van der Waals surface area (Å²) in [7, 11) is 1.71. The van der Waals surface area contributed by atoms with E-state index >= 15 is 0 Å². The molecule has 28 heavy (non-hydrogen) atoms. The van der Waals surface area contributed by atoms with Gasteiger partial charge in [-0.25, -0.2) is 4.98 Å². The number of aromatic nitrogens is 1. The lowest BCUT2D eigenvalue weighted by molar-refractivity contribution is 0.414. The summed E-state index contributed by atoms with van der Waals surface area (Å²) in [4.78, 5) is 11.8. The molecule has 154 valence electrons. The van der Waals surface area contributed by atoms with Crippen LogP contribution in [0.1, 0.15) is 41.9 Å². The zero-order valence-corrected chi connectivity index (χ0v) is 20.1. The molecule has 5 nitrogen and oxygen atoms in total. The lowest BCUT2D eigenvalue weighted by atomic mass is 9.98. The van der Waals surface area contributed by atoms with Crippen molar-refractivity contribution < 1.29 is 4.74 Å². The third-order valence-electron chi connectivity index (χ3n) is 4.89. The van der Waals surface area contributed by atoms with Gasteiger partial charge in [-0.2, -0.15) is 0 Å². The molecule has 1 unspecified atom stereocenters. The fraction of sp³-hybridized carbons (Fsp3) is 0.524. The van der Waals surface area contributed by atoms with E-state index in [1.165, 1.54) is 10.6 Å². The molecular formula is C21H31IN4OS. The highest BCUT2D eigenvalue weighted by molar-refractivity contribution is 14.0. The van der Waals surface area contributed by atoms with Crippen molar-refractivity contribution in [3.8, 4) is 5.75 Å². The first-order valence-electron chi connectivity index (χ1n) is 9.77. The number of hydrogen-bond donors (Lipinski definition) is 1. The Bertz CT molecular complexity index is 747. The van der Waals surface area contributed by atoms with Gasteiger partial charge < -0.3 is 15.0 Å². The lowest BCUT2D eigenvalue weighted by Crippen LogP contribution is -2.40. The second-order valence-corrected chi connectivity index (χ2v) is 7.87. The molecule has 0 amide bonds. The van der Waals surface area contributed by atoms with E-state index in [0.717, 1.165) is 62.8 Å². The Morgan fingerprint density at radius 3 is 2.79 bits per heavy atom. The van der Waals surface area contributed by atoms with Crippen LogP contribution in [0.5, 0.6) is 5.75 Å². The molecule has 1 aromatic heterocycles. The van der Waals surface area contributed by atoms with Crippen molar-refractivity contribution in [1.82, 2.24) is 15.2 Å². The molecule has 1 aromatic carbocycles.